The van der Waals surface area contributed by atoms with E-state index in [0.717, 1.165) is 48.9 Å². The molecule has 2 aliphatic heterocycles. The summed E-state index contributed by atoms with van der Waals surface area (Å²) in [7, 11) is 0. The number of ether oxygens (including phenoxy) is 1. The molecule has 1 amide bonds. The van der Waals surface area contributed by atoms with Gasteiger partial charge in [0.1, 0.15) is 12.0 Å². The molecule has 0 N–H and O–H groups in total. The number of amides is 1. The quantitative estimate of drug-likeness (QED) is 0.787. The summed E-state index contributed by atoms with van der Waals surface area (Å²) in [4.78, 5) is 30.4. The summed E-state index contributed by atoms with van der Waals surface area (Å²) in [6.45, 7) is 8.37. The highest BCUT2D eigenvalue weighted by molar-refractivity contribution is 7.13. The molecule has 2 fully saturated rings. The third-order valence-electron chi connectivity index (χ3n) is 5.62. The molecule has 27 heavy (non-hydrogen) atoms. The number of nitrogens with zero attached hydrogens (tertiary/aromatic N) is 5. The number of piperidine rings is 1. The SMILES string of the molecule is Cc1ncnc(C(=O)N2CCCC3(COCCN(c4nccs4)C3)C2)c1C. The van der Waals surface area contributed by atoms with Crippen molar-refractivity contribution >= 4 is 22.4 Å². The molecule has 144 valence electrons. The van der Waals surface area contributed by atoms with E-state index in [2.05, 4.69) is 19.9 Å². The number of hydrogen-bond donors (Lipinski definition) is 0. The largest absolute Gasteiger partial charge is 0.379 e. The van der Waals surface area contributed by atoms with Gasteiger partial charge in [0, 0.05) is 54.4 Å². The first kappa shape index (κ1) is 18.3. The Hall–Kier alpha value is -2.06. The molecule has 4 heterocycles. The van der Waals surface area contributed by atoms with Crippen LogP contribution >= 0.6 is 11.3 Å². The Morgan fingerprint density at radius 1 is 1.22 bits per heavy atom. The van der Waals surface area contributed by atoms with Gasteiger partial charge in [-0.1, -0.05) is 0 Å². The Bertz CT molecular complexity index is 812. The average Bonchev–Trinajstić information content (AvgIpc) is 3.14. The number of aryl methyl sites for hydroxylation is 1. The van der Waals surface area contributed by atoms with Crippen LogP contribution in [-0.4, -0.2) is 65.2 Å². The van der Waals surface area contributed by atoms with Crippen LogP contribution in [0.15, 0.2) is 17.9 Å². The molecule has 0 aliphatic carbocycles. The summed E-state index contributed by atoms with van der Waals surface area (Å²) in [5.41, 5.74) is 2.17. The van der Waals surface area contributed by atoms with Crippen LogP contribution in [0.4, 0.5) is 5.13 Å². The lowest BCUT2D eigenvalue weighted by Crippen LogP contribution is -2.52. The van der Waals surface area contributed by atoms with E-state index < -0.39 is 0 Å². The number of carbonyl (C=O) groups is 1. The predicted octanol–water partition coefficient (Wildman–Crippen LogP) is 2.31. The Morgan fingerprint density at radius 2 is 2.11 bits per heavy atom. The second-order valence-corrected chi connectivity index (χ2v) is 8.42. The van der Waals surface area contributed by atoms with Crippen molar-refractivity contribution in [2.24, 2.45) is 5.41 Å². The molecule has 0 saturated carbocycles. The molecule has 2 aromatic rings. The molecule has 1 atom stereocenters. The highest BCUT2D eigenvalue weighted by Crippen LogP contribution is 2.35. The van der Waals surface area contributed by atoms with Crippen LogP contribution in [0, 0.1) is 19.3 Å². The van der Waals surface area contributed by atoms with Crippen molar-refractivity contribution in [3.63, 3.8) is 0 Å². The molecule has 2 saturated heterocycles. The van der Waals surface area contributed by atoms with Crippen LogP contribution in [0.5, 0.6) is 0 Å². The lowest BCUT2D eigenvalue weighted by Gasteiger charge is -2.43. The van der Waals surface area contributed by atoms with Gasteiger partial charge < -0.3 is 14.5 Å². The lowest BCUT2D eigenvalue weighted by molar-refractivity contribution is 0.0132. The zero-order chi connectivity index (χ0) is 18.9. The second kappa shape index (κ2) is 7.52. The number of anilines is 1. The number of rotatable bonds is 2. The molecular formula is C19H25N5O2S. The average molecular weight is 388 g/mol. The van der Waals surface area contributed by atoms with Gasteiger partial charge in [0.15, 0.2) is 5.13 Å². The van der Waals surface area contributed by atoms with E-state index >= 15 is 0 Å². The van der Waals surface area contributed by atoms with E-state index in [-0.39, 0.29) is 11.3 Å². The smallest absolute Gasteiger partial charge is 0.272 e. The van der Waals surface area contributed by atoms with Gasteiger partial charge in [-0.2, -0.15) is 0 Å². The molecule has 7 nitrogen and oxygen atoms in total. The monoisotopic (exact) mass is 387 g/mol. The van der Waals surface area contributed by atoms with Crippen molar-refractivity contribution < 1.29 is 9.53 Å². The fraction of sp³-hybridized carbons (Fsp3) is 0.579. The van der Waals surface area contributed by atoms with Crippen LogP contribution in [0.1, 0.15) is 34.6 Å². The van der Waals surface area contributed by atoms with Crippen LogP contribution in [0.25, 0.3) is 0 Å². The Morgan fingerprint density at radius 3 is 2.93 bits per heavy atom. The Labute approximate surface area is 163 Å². The predicted molar refractivity (Wildman–Crippen MR) is 104 cm³/mol. The van der Waals surface area contributed by atoms with Crippen LogP contribution in [0.2, 0.25) is 0 Å². The van der Waals surface area contributed by atoms with Crippen LogP contribution in [0.3, 0.4) is 0 Å². The van der Waals surface area contributed by atoms with Crippen molar-refractivity contribution in [1.82, 2.24) is 19.9 Å². The number of carbonyl (C=O) groups excluding carboxylic acids is 1. The van der Waals surface area contributed by atoms with Crippen LogP contribution < -0.4 is 4.90 Å². The third-order valence-corrected chi connectivity index (χ3v) is 6.45. The van der Waals surface area contributed by atoms with Crippen molar-refractivity contribution in [2.45, 2.75) is 26.7 Å². The van der Waals surface area contributed by atoms with Gasteiger partial charge in [-0.3, -0.25) is 4.79 Å². The van der Waals surface area contributed by atoms with E-state index in [1.54, 1.807) is 11.3 Å². The number of aromatic nitrogens is 3. The number of likely N-dealkylation sites (tertiary alicyclic amines) is 1. The summed E-state index contributed by atoms with van der Waals surface area (Å²) in [5, 5.41) is 3.04. The van der Waals surface area contributed by atoms with E-state index in [9.17, 15) is 4.79 Å². The molecular weight excluding hydrogens is 362 g/mol. The van der Waals surface area contributed by atoms with Gasteiger partial charge in [-0.05, 0) is 26.7 Å². The van der Waals surface area contributed by atoms with Crippen molar-refractivity contribution in [2.75, 3.05) is 44.3 Å². The summed E-state index contributed by atoms with van der Waals surface area (Å²) >= 11 is 1.66. The maximum absolute atomic E-state index is 13.2. The second-order valence-electron chi connectivity index (χ2n) is 7.55. The molecule has 2 aromatic heterocycles. The van der Waals surface area contributed by atoms with E-state index in [1.165, 1.54) is 6.33 Å². The fourth-order valence-electron chi connectivity index (χ4n) is 4.06. The maximum atomic E-state index is 13.2. The topological polar surface area (TPSA) is 71.5 Å². The van der Waals surface area contributed by atoms with Gasteiger partial charge in [-0.15, -0.1) is 11.3 Å². The highest BCUT2D eigenvalue weighted by atomic mass is 32.1. The van der Waals surface area contributed by atoms with Crippen molar-refractivity contribution in [1.29, 1.82) is 0 Å². The Kier molecular flexibility index (Phi) is 5.10. The first-order chi connectivity index (χ1) is 13.1. The van der Waals surface area contributed by atoms with Crippen molar-refractivity contribution in [3.8, 4) is 0 Å². The van der Waals surface area contributed by atoms with Gasteiger partial charge in [0.2, 0.25) is 0 Å². The summed E-state index contributed by atoms with van der Waals surface area (Å²) in [6.07, 6.45) is 5.36. The normalized spacial score (nSPS) is 23.5. The maximum Gasteiger partial charge on any atom is 0.272 e. The van der Waals surface area contributed by atoms with Gasteiger partial charge in [0.05, 0.1) is 13.2 Å². The highest BCUT2D eigenvalue weighted by Gasteiger charge is 2.41. The van der Waals surface area contributed by atoms with Gasteiger partial charge >= 0.3 is 0 Å². The van der Waals surface area contributed by atoms with E-state index in [0.29, 0.717) is 25.5 Å². The molecule has 2 aliphatic rings. The summed E-state index contributed by atoms with van der Waals surface area (Å²) in [5.74, 6) is 0.00196. The molecule has 1 spiro atoms. The molecule has 0 bridgehead atoms. The molecule has 0 radical (unpaired) electrons. The van der Waals surface area contributed by atoms with Crippen molar-refractivity contribution in [3.05, 3.63) is 34.9 Å². The minimum Gasteiger partial charge on any atom is -0.379 e. The van der Waals surface area contributed by atoms with E-state index in [1.807, 2.05) is 30.3 Å². The first-order valence-electron chi connectivity index (χ1n) is 9.38. The summed E-state index contributed by atoms with van der Waals surface area (Å²) in [6, 6.07) is 0. The molecule has 8 heteroatoms. The molecule has 0 aromatic carbocycles. The lowest BCUT2D eigenvalue weighted by atomic mass is 9.80. The fourth-order valence-corrected chi connectivity index (χ4v) is 4.73. The van der Waals surface area contributed by atoms with Gasteiger partial charge in [-0.25, -0.2) is 15.0 Å². The molecule has 1 unspecified atom stereocenters. The third kappa shape index (κ3) is 3.68. The number of hydrogen-bond acceptors (Lipinski definition) is 7. The first-order valence-corrected chi connectivity index (χ1v) is 10.3. The van der Waals surface area contributed by atoms with Crippen LogP contribution in [-0.2, 0) is 4.74 Å². The number of thiazole rings is 1. The standard InChI is InChI=1S/C19H25N5O2S/c1-14-15(2)21-13-22-16(14)17(25)23-6-3-4-19(10-23)11-24(7-8-26-12-19)18-20-5-9-27-18/h5,9,13H,3-4,6-8,10-12H2,1-2H3. The summed E-state index contributed by atoms with van der Waals surface area (Å²) < 4.78 is 5.96. The Balaban J connectivity index is 1.56. The minimum atomic E-state index is -0.0634. The van der Waals surface area contributed by atoms with Gasteiger partial charge in [0.25, 0.3) is 5.91 Å². The molecule has 4 rings (SSSR count). The van der Waals surface area contributed by atoms with E-state index in [4.69, 9.17) is 4.74 Å². The zero-order valence-electron chi connectivity index (χ0n) is 15.8. The minimum absolute atomic E-state index is 0.00196. The zero-order valence-corrected chi connectivity index (χ0v) is 16.7.